The van der Waals surface area contributed by atoms with E-state index in [1.807, 2.05) is 0 Å². The lowest BCUT2D eigenvalue weighted by Crippen LogP contribution is -2.16. The van der Waals surface area contributed by atoms with Gasteiger partial charge in [0.25, 0.3) is 0 Å². The first-order valence-corrected chi connectivity index (χ1v) is 6.51. The van der Waals surface area contributed by atoms with Crippen LogP contribution in [0.25, 0.3) is 0 Å². The van der Waals surface area contributed by atoms with Gasteiger partial charge in [-0.1, -0.05) is 45.0 Å². The first kappa shape index (κ1) is 15.4. The largest absolute Gasteiger partial charge is 0.478 e. The molecule has 0 saturated carbocycles. The van der Waals surface area contributed by atoms with Crippen molar-refractivity contribution in [3.63, 3.8) is 0 Å². The third-order valence-corrected chi connectivity index (χ3v) is 3.05. The van der Waals surface area contributed by atoms with Crippen LogP contribution in [0.1, 0.15) is 37.5 Å². The maximum Gasteiger partial charge on any atom is 0.328 e. The zero-order chi connectivity index (χ0) is 14.5. The van der Waals surface area contributed by atoms with Gasteiger partial charge in [-0.3, -0.25) is 0 Å². The average Bonchev–Trinajstić information content (AvgIpc) is 2.29. The monoisotopic (exact) mass is 261 g/mol. The van der Waals surface area contributed by atoms with Crippen LogP contribution in [0.15, 0.2) is 30.4 Å². The molecule has 0 heterocycles. The van der Waals surface area contributed by atoms with Crippen LogP contribution in [-0.4, -0.2) is 17.6 Å². The fourth-order valence-electron chi connectivity index (χ4n) is 1.78. The fourth-order valence-corrected chi connectivity index (χ4v) is 1.78. The molecule has 19 heavy (non-hydrogen) atoms. The van der Waals surface area contributed by atoms with Crippen LogP contribution >= 0.6 is 0 Å². The van der Waals surface area contributed by atoms with Crippen LogP contribution in [0, 0.1) is 6.92 Å². The van der Waals surface area contributed by atoms with E-state index >= 15 is 0 Å². The molecule has 0 fully saturated rings. The second-order valence-corrected chi connectivity index (χ2v) is 5.76. The summed E-state index contributed by atoms with van der Waals surface area (Å²) >= 11 is 0. The summed E-state index contributed by atoms with van der Waals surface area (Å²) in [6.45, 7) is 10.0. The Morgan fingerprint density at radius 2 is 2.05 bits per heavy atom. The van der Waals surface area contributed by atoms with Crippen molar-refractivity contribution in [2.45, 2.75) is 39.7 Å². The van der Waals surface area contributed by atoms with Gasteiger partial charge >= 0.3 is 5.97 Å². The fraction of sp³-hybridized carbons (Fsp3) is 0.438. The highest BCUT2D eigenvalue weighted by Gasteiger charge is 2.14. The molecule has 2 N–H and O–H groups in total. The number of aliphatic carboxylic acids is 1. The summed E-state index contributed by atoms with van der Waals surface area (Å²) in [4.78, 5) is 10.3. The van der Waals surface area contributed by atoms with Crippen molar-refractivity contribution in [2.24, 2.45) is 0 Å². The Kier molecular flexibility index (Phi) is 5.31. The topological polar surface area (TPSA) is 49.3 Å². The Labute approximate surface area is 115 Å². The molecule has 0 bridgehead atoms. The minimum Gasteiger partial charge on any atom is -0.478 e. The van der Waals surface area contributed by atoms with E-state index in [2.05, 4.69) is 51.2 Å². The molecule has 3 heteroatoms. The molecule has 3 nitrogen and oxygen atoms in total. The van der Waals surface area contributed by atoms with Gasteiger partial charge in [0.1, 0.15) is 0 Å². The Morgan fingerprint density at radius 3 is 2.63 bits per heavy atom. The number of hydrogen-bond donors (Lipinski definition) is 2. The highest BCUT2D eigenvalue weighted by Crippen LogP contribution is 2.24. The van der Waals surface area contributed by atoms with E-state index in [9.17, 15) is 4.79 Å². The lowest BCUT2D eigenvalue weighted by atomic mass is 9.85. The number of carbonyl (C=O) groups is 1. The summed E-state index contributed by atoms with van der Waals surface area (Å²) in [6, 6.07) is 6.54. The zero-order valence-electron chi connectivity index (χ0n) is 12.2. The minimum absolute atomic E-state index is 0.145. The van der Waals surface area contributed by atoms with E-state index in [0.717, 1.165) is 12.6 Å². The molecule has 0 aliphatic heterocycles. The van der Waals surface area contributed by atoms with Crippen molar-refractivity contribution in [2.75, 3.05) is 6.54 Å². The molecule has 0 aliphatic rings. The van der Waals surface area contributed by atoms with E-state index in [1.54, 1.807) is 6.08 Å². The SMILES string of the molecule is Cc1ccc(C(C)(C)C)cc1CNC/C=C/C(=O)O. The van der Waals surface area contributed by atoms with Gasteiger partial charge in [-0.05, 0) is 29.0 Å². The Bertz CT molecular complexity index is 470. The van der Waals surface area contributed by atoms with Crippen molar-refractivity contribution < 1.29 is 9.90 Å². The molecular formula is C16H23NO2. The predicted octanol–water partition coefficient (Wildman–Crippen LogP) is 3.02. The summed E-state index contributed by atoms with van der Waals surface area (Å²) in [7, 11) is 0. The van der Waals surface area contributed by atoms with Crippen LogP contribution in [0.5, 0.6) is 0 Å². The van der Waals surface area contributed by atoms with Gasteiger partial charge in [-0.15, -0.1) is 0 Å². The standard InChI is InChI=1S/C16H23NO2/c1-12-7-8-14(16(2,3)4)10-13(12)11-17-9-5-6-15(18)19/h5-8,10,17H,9,11H2,1-4H3,(H,18,19)/b6-5+. The first-order valence-electron chi connectivity index (χ1n) is 6.51. The van der Waals surface area contributed by atoms with Crippen LogP contribution in [0.4, 0.5) is 0 Å². The van der Waals surface area contributed by atoms with Gasteiger partial charge in [-0.25, -0.2) is 4.79 Å². The Hall–Kier alpha value is -1.61. The maximum atomic E-state index is 10.3. The summed E-state index contributed by atoms with van der Waals surface area (Å²) in [5.74, 6) is -0.910. The van der Waals surface area contributed by atoms with Gasteiger partial charge in [0, 0.05) is 19.2 Å². The molecule has 0 amide bonds. The predicted molar refractivity (Wildman–Crippen MR) is 78.4 cm³/mol. The van der Waals surface area contributed by atoms with Crippen molar-refractivity contribution in [1.82, 2.24) is 5.32 Å². The Morgan fingerprint density at radius 1 is 1.37 bits per heavy atom. The average molecular weight is 261 g/mol. The third-order valence-electron chi connectivity index (χ3n) is 3.05. The maximum absolute atomic E-state index is 10.3. The molecule has 1 aromatic rings. The first-order chi connectivity index (χ1) is 8.80. The second-order valence-electron chi connectivity index (χ2n) is 5.76. The number of aryl methyl sites for hydroxylation is 1. The normalized spacial score (nSPS) is 12.0. The molecule has 0 aliphatic carbocycles. The number of nitrogens with one attached hydrogen (secondary N) is 1. The van der Waals surface area contributed by atoms with Crippen molar-refractivity contribution in [3.8, 4) is 0 Å². The molecule has 0 spiro atoms. The number of carboxylic acid groups (broad SMARTS) is 1. The van der Waals surface area contributed by atoms with E-state index in [0.29, 0.717) is 6.54 Å². The van der Waals surface area contributed by atoms with E-state index in [4.69, 9.17) is 5.11 Å². The van der Waals surface area contributed by atoms with Gasteiger partial charge in [0.15, 0.2) is 0 Å². The quantitative estimate of drug-likeness (QED) is 0.632. The zero-order valence-corrected chi connectivity index (χ0v) is 12.2. The molecule has 0 atom stereocenters. The van der Waals surface area contributed by atoms with Crippen LogP contribution in [0.3, 0.4) is 0 Å². The molecule has 0 saturated heterocycles. The molecule has 104 valence electrons. The number of benzene rings is 1. The summed E-state index contributed by atoms with van der Waals surface area (Å²) in [5.41, 5.74) is 3.97. The second kappa shape index (κ2) is 6.53. The molecule has 1 rings (SSSR count). The number of carboxylic acids is 1. The van der Waals surface area contributed by atoms with E-state index < -0.39 is 5.97 Å². The highest BCUT2D eigenvalue weighted by molar-refractivity contribution is 5.79. The van der Waals surface area contributed by atoms with Crippen molar-refractivity contribution >= 4 is 5.97 Å². The van der Waals surface area contributed by atoms with E-state index in [-0.39, 0.29) is 5.41 Å². The summed E-state index contributed by atoms with van der Waals surface area (Å²) in [5, 5.41) is 11.7. The van der Waals surface area contributed by atoms with Crippen LogP contribution < -0.4 is 5.32 Å². The third kappa shape index (κ3) is 5.26. The van der Waals surface area contributed by atoms with Gasteiger partial charge < -0.3 is 10.4 Å². The number of hydrogen-bond acceptors (Lipinski definition) is 2. The highest BCUT2D eigenvalue weighted by atomic mass is 16.4. The summed E-state index contributed by atoms with van der Waals surface area (Å²) < 4.78 is 0. The molecule has 0 aromatic heterocycles. The van der Waals surface area contributed by atoms with Crippen LogP contribution in [0.2, 0.25) is 0 Å². The van der Waals surface area contributed by atoms with E-state index in [1.165, 1.54) is 16.7 Å². The molecule has 0 radical (unpaired) electrons. The smallest absolute Gasteiger partial charge is 0.328 e. The van der Waals surface area contributed by atoms with Gasteiger partial charge in [-0.2, -0.15) is 0 Å². The van der Waals surface area contributed by atoms with Crippen molar-refractivity contribution in [3.05, 3.63) is 47.0 Å². The lowest BCUT2D eigenvalue weighted by Gasteiger charge is -2.21. The van der Waals surface area contributed by atoms with Gasteiger partial charge in [0.2, 0.25) is 0 Å². The number of rotatable bonds is 5. The lowest BCUT2D eigenvalue weighted by molar-refractivity contribution is -0.131. The molecular weight excluding hydrogens is 238 g/mol. The van der Waals surface area contributed by atoms with Crippen LogP contribution in [-0.2, 0) is 16.8 Å². The summed E-state index contributed by atoms with van der Waals surface area (Å²) in [6.07, 6.45) is 2.77. The molecule has 0 unspecified atom stereocenters. The minimum atomic E-state index is -0.910. The van der Waals surface area contributed by atoms with Crippen molar-refractivity contribution in [1.29, 1.82) is 0 Å². The van der Waals surface area contributed by atoms with Gasteiger partial charge in [0.05, 0.1) is 0 Å². The molecule has 1 aromatic carbocycles. The Balaban J connectivity index is 2.65.